The zero-order valence-corrected chi connectivity index (χ0v) is 12.3. The van der Waals surface area contributed by atoms with Crippen LogP contribution in [0.3, 0.4) is 0 Å². The molecule has 0 amide bonds. The molecule has 0 aromatic carbocycles. The second-order valence-electron chi connectivity index (χ2n) is 4.27. The van der Waals surface area contributed by atoms with Gasteiger partial charge >= 0.3 is 0 Å². The van der Waals surface area contributed by atoms with Gasteiger partial charge < -0.3 is 15.2 Å². The molecule has 0 atom stereocenters. The Kier molecular flexibility index (Phi) is 3.94. The summed E-state index contributed by atoms with van der Waals surface area (Å²) in [6.07, 6.45) is 0. The third-order valence-electron chi connectivity index (χ3n) is 2.83. The number of nitrogens with zero attached hydrogens (tertiary/aromatic N) is 3. The molecule has 0 unspecified atom stereocenters. The summed E-state index contributed by atoms with van der Waals surface area (Å²) in [5.74, 6) is 0.550. The lowest BCUT2D eigenvalue weighted by Crippen LogP contribution is -2.08. The summed E-state index contributed by atoms with van der Waals surface area (Å²) in [6.45, 7) is 0.850. The highest BCUT2D eigenvalue weighted by Gasteiger charge is 2.11. The van der Waals surface area contributed by atoms with Gasteiger partial charge in [-0.1, -0.05) is 6.07 Å². The number of thiophene rings is 1. The number of fused-ring (bicyclic) bond motifs is 1. The Hall–Kier alpha value is -2.25. The van der Waals surface area contributed by atoms with Gasteiger partial charge in [0.15, 0.2) is 5.52 Å². The van der Waals surface area contributed by atoms with Crippen molar-refractivity contribution in [3.63, 3.8) is 0 Å². The lowest BCUT2D eigenvalue weighted by molar-refractivity contribution is 0.144. The largest absolute Gasteiger partial charge is 0.474 e. The van der Waals surface area contributed by atoms with E-state index in [2.05, 4.69) is 15.0 Å². The normalized spacial score (nSPS) is 10.9. The maximum atomic E-state index is 5.70. The van der Waals surface area contributed by atoms with Crippen molar-refractivity contribution in [2.24, 2.45) is 0 Å². The van der Waals surface area contributed by atoms with Gasteiger partial charge in [-0.3, -0.25) is 0 Å². The lowest BCUT2D eigenvalue weighted by atomic mass is 10.2. The van der Waals surface area contributed by atoms with Crippen LogP contribution in [0.25, 0.3) is 21.6 Å². The number of aromatic nitrogens is 3. The molecular weight excluding hydrogens is 288 g/mol. The molecule has 7 heteroatoms. The van der Waals surface area contributed by atoms with Gasteiger partial charge in [-0.25, -0.2) is 9.97 Å². The van der Waals surface area contributed by atoms with Crippen molar-refractivity contribution in [3.05, 3.63) is 29.6 Å². The van der Waals surface area contributed by atoms with Crippen molar-refractivity contribution >= 4 is 28.3 Å². The molecular formula is C14H14N4O2S. The molecule has 3 aromatic heterocycles. The number of rotatable bonds is 5. The first kappa shape index (κ1) is 13.7. The van der Waals surface area contributed by atoms with Gasteiger partial charge in [-0.15, -0.1) is 11.3 Å². The Morgan fingerprint density at radius 1 is 1.14 bits per heavy atom. The first-order valence-electron chi connectivity index (χ1n) is 6.38. The molecule has 3 heterocycles. The van der Waals surface area contributed by atoms with Gasteiger partial charge in [-0.2, -0.15) is 4.98 Å². The van der Waals surface area contributed by atoms with Crippen molar-refractivity contribution in [2.45, 2.75) is 0 Å². The standard InChI is InChI=1S/C14H14N4O2S/c1-19-6-7-20-13-12-10(17-14(15)18-13)5-4-9(16-12)11-3-2-8-21-11/h2-5,8H,6-7H2,1H3,(H2,15,17,18). The number of hydrogen-bond donors (Lipinski definition) is 1. The predicted molar refractivity (Wildman–Crippen MR) is 82.4 cm³/mol. The summed E-state index contributed by atoms with van der Waals surface area (Å²) in [4.78, 5) is 14.0. The second-order valence-corrected chi connectivity index (χ2v) is 5.22. The van der Waals surface area contributed by atoms with Crippen LogP contribution < -0.4 is 10.5 Å². The quantitative estimate of drug-likeness (QED) is 0.728. The van der Waals surface area contributed by atoms with Gasteiger partial charge in [0, 0.05) is 7.11 Å². The molecule has 108 valence electrons. The van der Waals surface area contributed by atoms with Crippen LogP contribution in [-0.2, 0) is 4.74 Å². The molecule has 0 saturated carbocycles. The SMILES string of the molecule is COCCOc1nc(N)nc2ccc(-c3cccs3)nc12. The molecule has 0 aliphatic carbocycles. The number of pyridine rings is 1. The van der Waals surface area contributed by atoms with Crippen LogP contribution in [0, 0.1) is 0 Å². The molecule has 3 aromatic rings. The maximum absolute atomic E-state index is 5.70. The van der Waals surface area contributed by atoms with Crippen molar-refractivity contribution < 1.29 is 9.47 Å². The molecule has 0 aliphatic rings. The average Bonchev–Trinajstić information content (AvgIpc) is 3.01. The number of ether oxygens (including phenoxy) is 2. The van der Waals surface area contributed by atoms with Crippen molar-refractivity contribution in [3.8, 4) is 16.5 Å². The molecule has 0 saturated heterocycles. The van der Waals surface area contributed by atoms with Gasteiger partial charge in [0.25, 0.3) is 0 Å². The summed E-state index contributed by atoms with van der Waals surface area (Å²) in [5.41, 5.74) is 7.83. The molecule has 0 bridgehead atoms. The van der Waals surface area contributed by atoms with Crippen molar-refractivity contribution in [1.29, 1.82) is 0 Å². The highest BCUT2D eigenvalue weighted by Crippen LogP contribution is 2.28. The monoisotopic (exact) mass is 302 g/mol. The Labute approximate surface area is 125 Å². The van der Waals surface area contributed by atoms with Crippen LogP contribution in [0.1, 0.15) is 0 Å². The minimum absolute atomic E-state index is 0.167. The Bertz CT molecular complexity index is 746. The number of nitrogen functional groups attached to an aromatic ring is 1. The zero-order chi connectivity index (χ0) is 14.7. The smallest absolute Gasteiger partial charge is 0.245 e. The van der Waals surface area contributed by atoms with Crippen LogP contribution in [0.4, 0.5) is 5.95 Å². The highest BCUT2D eigenvalue weighted by atomic mass is 32.1. The predicted octanol–water partition coefficient (Wildman–Crippen LogP) is 2.36. The first-order valence-corrected chi connectivity index (χ1v) is 7.26. The molecule has 3 rings (SSSR count). The van der Waals surface area contributed by atoms with Crippen LogP contribution in [0.5, 0.6) is 5.88 Å². The van der Waals surface area contributed by atoms with Gasteiger partial charge in [0.05, 0.1) is 22.7 Å². The molecule has 0 radical (unpaired) electrons. The fourth-order valence-corrected chi connectivity index (χ4v) is 2.58. The van der Waals surface area contributed by atoms with E-state index in [0.717, 1.165) is 10.6 Å². The van der Waals surface area contributed by atoms with E-state index in [0.29, 0.717) is 30.1 Å². The molecule has 2 N–H and O–H groups in total. The van der Waals surface area contributed by atoms with E-state index in [1.54, 1.807) is 18.4 Å². The van der Waals surface area contributed by atoms with Gasteiger partial charge in [0.1, 0.15) is 6.61 Å². The van der Waals surface area contributed by atoms with Crippen molar-refractivity contribution in [1.82, 2.24) is 15.0 Å². The minimum Gasteiger partial charge on any atom is -0.474 e. The third kappa shape index (κ3) is 2.93. The fourth-order valence-electron chi connectivity index (χ4n) is 1.89. The summed E-state index contributed by atoms with van der Waals surface area (Å²) in [6, 6.07) is 7.79. The molecule has 6 nitrogen and oxygen atoms in total. The van der Waals surface area contributed by atoms with E-state index in [9.17, 15) is 0 Å². The van der Waals surface area contributed by atoms with Crippen LogP contribution >= 0.6 is 11.3 Å². The minimum atomic E-state index is 0.167. The molecule has 0 spiro atoms. The van der Waals surface area contributed by atoms with Crippen molar-refractivity contribution in [2.75, 3.05) is 26.1 Å². The van der Waals surface area contributed by atoms with E-state index in [4.69, 9.17) is 15.2 Å². The molecule has 0 aliphatic heterocycles. The van der Waals surface area contributed by atoms with Crippen LogP contribution in [0.2, 0.25) is 0 Å². The number of anilines is 1. The number of methoxy groups -OCH3 is 1. The number of hydrogen-bond acceptors (Lipinski definition) is 7. The van der Waals surface area contributed by atoms with Crippen LogP contribution in [-0.4, -0.2) is 35.3 Å². The van der Waals surface area contributed by atoms with Crippen LogP contribution in [0.15, 0.2) is 29.6 Å². The maximum Gasteiger partial charge on any atom is 0.245 e. The number of nitrogens with two attached hydrogens (primary N) is 1. The summed E-state index contributed by atoms with van der Waals surface area (Å²) in [7, 11) is 1.61. The Balaban J connectivity index is 2.05. The third-order valence-corrected chi connectivity index (χ3v) is 3.72. The van der Waals surface area contributed by atoms with E-state index >= 15 is 0 Å². The first-order chi connectivity index (χ1) is 10.3. The van der Waals surface area contributed by atoms with E-state index in [1.807, 2.05) is 29.6 Å². The highest BCUT2D eigenvalue weighted by molar-refractivity contribution is 7.13. The topological polar surface area (TPSA) is 83.2 Å². The fraction of sp³-hybridized carbons (Fsp3) is 0.214. The zero-order valence-electron chi connectivity index (χ0n) is 11.4. The van der Waals surface area contributed by atoms with E-state index < -0.39 is 0 Å². The van der Waals surface area contributed by atoms with E-state index in [1.165, 1.54) is 0 Å². The Morgan fingerprint density at radius 2 is 2.05 bits per heavy atom. The van der Waals surface area contributed by atoms with Gasteiger partial charge in [0.2, 0.25) is 11.8 Å². The lowest BCUT2D eigenvalue weighted by Gasteiger charge is -2.08. The summed E-state index contributed by atoms with van der Waals surface area (Å²) < 4.78 is 10.6. The Morgan fingerprint density at radius 3 is 2.81 bits per heavy atom. The van der Waals surface area contributed by atoms with E-state index in [-0.39, 0.29) is 5.95 Å². The summed E-state index contributed by atoms with van der Waals surface area (Å²) in [5, 5.41) is 2.01. The summed E-state index contributed by atoms with van der Waals surface area (Å²) >= 11 is 1.63. The average molecular weight is 302 g/mol. The molecule has 0 fully saturated rings. The van der Waals surface area contributed by atoms with Gasteiger partial charge in [-0.05, 0) is 23.6 Å². The second kappa shape index (κ2) is 6.02. The molecule has 21 heavy (non-hydrogen) atoms.